The fourth-order valence-corrected chi connectivity index (χ4v) is 6.72. The zero-order valence-electron chi connectivity index (χ0n) is 31.2. The number of aromatic amines is 2. The zero-order valence-corrected chi connectivity index (χ0v) is 31.2. The number of benzene rings is 4. The van der Waals surface area contributed by atoms with Crippen LogP contribution >= 0.6 is 0 Å². The second-order valence-electron chi connectivity index (χ2n) is 14.0. The Balaban J connectivity index is 1.19. The number of aromatic nitrogens is 2. The third kappa shape index (κ3) is 10.2. The van der Waals surface area contributed by atoms with E-state index in [2.05, 4.69) is 31.2 Å². The van der Waals surface area contributed by atoms with Gasteiger partial charge in [0.05, 0.1) is 6.04 Å². The molecular formula is C43H45N7O7. The van der Waals surface area contributed by atoms with E-state index >= 15 is 0 Å². The summed E-state index contributed by atoms with van der Waals surface area (Å²) in [6.07, 6.45) is 3.71. The van der Waals surface area contributed by atoms with Crippen molar-refractivity contribution in [3.63, 3.8) is 0 Å². The van der Waals surface area contributed by atoms with Crippen molar-refractivity contribution in [3.05, 3.63) is 138 Å². The normalized spacial score (nSPS) is 13.9. The lowest BCUT2D eigenvalue weighted by Gasteiger charge is -2.25. The standard InChI is InChI=1S/C43H45N7O7/c1-25(47-41(54)36(21-28-23-45-34-13-7-5-11-31(28)34)49-40(53)33(44)19-26-9-3-2-4-10-26)39(52)48-37(22-29-24-46-35-14-8-6-12-32(29)35)42(55)50-38(43(56)57)20-27-15-17-30(51)18-16-27/h2-18,23-25,33,36-38,45-46,51H,19-22,44H2,1H3,(H,47,54)(H,48,52)(H,49,53)(H,50,55)(H,56,57). The number of hydrogen-bond acceptors (Lipinski definition) is 7. The van der Waals surface area contributed by atoms with E-state index in [4.69, 9.17) is 5.73 Å². The highest BCUT2D eigenvalue weighted by atomic mass is 16.4. The maximum absolute atomic E-state index is 14.0. The first-order chi connectivity index (χ1) is 27.4. The van der Waals surface area contributed by atoms with Gasteiger partial charge >= 0.3 is 5.97 Å². The quantitative estimate of drug-likeness (QED) is 0.0668. The first kappa shape index (κ1) is 39.8. The van der Waals surface area contributed by atoms with Crippen molar-refractivity contribution < 1.29 is 34.2 Å². The molecule has 14 nitrogen and oxygen atoms in total. The number of carbonyl (C=O) groups excluding carboxylic acids is 4. The van der Waals surface area contributed by atoms with Gasteiger partial charge in [-0.25, -0.2) is 4.79 Å². The fourth-order valence-electron chi connectivity index (χ4n) is 6.72. The van der Waals surface area contributed by atoms with E-state index in [0.717, 1.165) is 32.9 Å². The Kier molecular flexibility index (Phi) is 12.6. The maximum Gasteiger partial charge on any atom is 0.326 e. The van der Waals surface area contributed by atoms with Crippen LogP contribution in [0.15, 0.2) is 116 Å². The van der Waals surface area contributed by atoms with Crippen molar-refractivity contribution in [1.82, 2.24) is 31.2 Å². The Bertz CT molecular complexity index is 2360. The lowest BCUT2D eigenvalue weighted by molar-refractivity contribution is -0.142. The number of rotatable bonds is 17. The summed E-state index contributed by atoms with van der Waals surface area (Å²) in [7, 11) is 0. The van der Waals surface area contributed by atoms with E-state index in [1.807, 2.05) is 78.9 Å². The average Bonchev–Trinajstić information content (AvgIpc) is 3.81. The molecule has 0 fully saturated rings. The number of nitrogens with one attached hydrogen (secondary N) is 6. The number of carboxylic acid groups (broad SMARTS) is 1. The molecule has 294 valence electrons. The van der Waals surface area contributed by atoms with Crippen molar-refractivity contribution in [2.75, 3.05) is 0 Å². The number of carbonyl (C=O) groups is 5. The molecule has 0 spiro atoms. The SMILES string of the molecule is CC(NC(=O)C(Cc1c[nH]c2ccccc12)NC(=O)C(N)Cc1ccccc1)C(=O)NC(Cc1c[nH]c2ccccc12)C(=O)NC(Cc1ccc(O)cc1)C(=O)O. The molecule has 2 aromatic heterocycles. The smallest absolute Gasteiger partial charge is 0.326 e. The topological polar surface area (TPSA) is 232 Å². The van der Waals surface area contributed by atoms with Crippen molar-refractivity contribution in [2.45, 2.75) is 62.8 Å². The van der Waals surface area contributed by atoms with Gasteiger partial charge < -0.3 is 47.2 Å². The molecule has 2 heterocycles. The molecule has 57 heavy (non-hydrogen) atoms. The van der Waals surface area contributed by atoms with Gasteiger partial charge in [0.1, 0.15) is 29.9 Å². The van der Waals surface area contributed by atoms with Gasteiger partial charge in [-0.2, -0.15) is 0 Å². The van der Waals surface area contributed by atoms with E-state index in [0.29, 0.717) is 11.1 Å². The highest BCUT2D eigenvalue weighted by molar-refractivity contribution is 5.96. The van der Waals surface area contributed by atoms with E-state index in [-0.39, 0.29) is 31.4 Å². The summed E-state index contributed by atoms with van der Waals surface area (Å²) < 4.78 is 0. The molecule has 0 aliphatic heterocycles. The lowest BCUT2D eigenvalue weighted by atomic mass is 10.0. The van der Waals surface area contributed by atoms with Crippen LogP contribution in [0.4, 0.5) is 0 Å². The van der Waals surface area contributed by atoms with Crippen LogP contribution in [0.1, 0.15) is 29.2 Å². The predicted molar refractivity (Wildman–Crippen MR) is 215 cm³/mol. The highest BCUT2D eigenvalue weighted by Gasteiger charge is 2.31. The molecule has 6 rings (SSSR count). The number of carboxylic acids is 1. The van der Waals surface area contributed by atoms with E-state index in [1.54, 1.807) is 24.5 Å². The van der Waals surface area contributed by atoms with Gasteiger partial charge in [-0.05, 0) is 59.9 Å². The Morgan fingerprint density at radius 1 is 0.561 bits per heavy atom. The summed E-state index contributed by atoms with van der Waals surface area (Å²) in [6.45, 7) is 1.45. The van der Waals surface area contributed by atoms with Crippen LogP contribution in [-0.2, 0) is 49.7 Å². The van der Waals surface area contributed by atoms with Crippen LogP contribution in [0, 0.1) is 0 Å². The summed E-state index contributed by atoms with van der Waals surface area (Å²) >= 11 is 0. The molecule has 0 saturated heterocycles. The molecule has 5 unspecified atom stereocenters. The molecule has 0 aliphatic carbocycles. The van der Waals surface area contributed by atoms with Crippen molar-refractivity contribution in [1.29, 1.82) is 0 Å². The van der Waals surface area contributed by atoms with Gasteiger partial charge in [-0.1, -0.05) is 78.9 Å². The molecule has 0 bridgehead atoms. The molecular weight excluding hydrogens is 727 g/mol. The van der Waals surface area contributed by atoms with E-state index < -0.39 is 59.8 Å². The number of phenols is 1. The molecule has 0 radical (unpaired) electrons. The van der Waals surface area contributed by atoms with Crippen LogP contribution in [0.3, 0.4) is 0 Å². The first-order valence-corrected chi connectivity index (χ1v) is 18.6. The van der Waals surface area contributed by atoms with Gasteiger partial charge in [0.2, 0.25) is 23.6 Å². The number of hydrogen-bond donors (Lipinski definition) is 9. The minimum absolute atomic E-state index is 0.00759. The van der Waals surface area contributed by atoms with E-state index in [9.17, 15) is 34.2 Å². The van der Waals surface area contributed by atoms with Crippen molar-refractivity contribution in [3.8, 4) is 5.75 Å². The van der Waals surface area contributed by atoms with Gasteiger partial charge in [0.25, 0.3) is 0 Å². The fraction of sp³-hybridized carbons (Fsp3) is 0.233. The first-order valence-electron chi connectivity index (χ1n) is 18.6. The number of amides is 4. The monoisotopic (exact) mass is 771 g/mol. The lowest BCUT2D eigenvalue weighted by Crippen LogP contribution is -2.58. The number of phenolic OH excluding ortho intramolecular Hbond substituents is 1. The zero-order chi connectivity index (χ0) is 40.5. The van der Waals surface area contributed by atoms with Gasteiger partial charge in [-0.15, -0.1) is 0 Å². The molecule has 4 aromatic carbocycles. The largest absolute Gasteiger partial charge is 0.508 e. The van der Waals surface area contributed by atoms with Gasteiger partial charge in [0, 0.05) is 53.5 Å². The Morgan fingerprint density at radius 2 is 1.04 bits per heavy atom. The summed E-state index contributed by atoms with van der Waals surface area (Å²) in [6, 6.07) is 24.2. The molecule has 0 saturated carbocycles. The van der Waals surface area contributed by atoms with Gasteiger partial charge in [-0.3, -0.25) is 19.2 Å². The minimum Gasteiger partial charge on any atom is -0.508 e. The average molecular weight is 772 g/mol. The molecule has 5 atom stereocenters. The molecule has 0 aliphatic rings. The minimum atomic E-state index is -1.36. The predicted octanol–water partition coefficient (Wildman–Crippen LogP) is 3.00. The number of fused-ring (bicyclic) bond motifs is 2. The van der Waals surface area contributed by atoms with Crippen molar-refractivity contribution >= 4 is 51.4 Å². The highest BCUT2D eigenvalue weighted by Crippen LogP contribution is 2.21. The van der Waals surface area contributed by atoms with Crippen molar-refractivity contribution in [2.24, 2.45) is 5.73 Å². The summed E-state index contributed by atoms with van der Waals surface area (Å²) in [4.78, 5) is 73.6. The maximum atomic E-state index is 14.0. The third-order valence-corrected chi connectivity index (χ3v) is 9.84. The van der Waals surface area contributed by atoms with Crippen LogP contribution in [0.25, 0.3) is 21.8 Å². The number of aromatic hydroxyl groups is 1. The van der Waals surface area contributed by atoms with E-state index in [1.165, 1.54) is 19.1 Å². The Labute approximate surface area is 328 Å². The molecule has 6 aromatic rings. The molecule has 14 heteroatoms. The number of aliphatic carboxylic acids is 1. The van der Waals surface area contributed by atoms with Crippen LogP contribution in [0.2, 0.25) is 0 Å². The Hall–Kier alpha value is -6.93. The van der Waals surface area contributed by atoms with Crippen LogP contribution in [-0.4, -0.2) is 80.0 Å². The second kappa shape index (κ2) is 18.1. The third-order valence-electron chi connectivity index (χ3n) is 9.84. The second-order valence-corrected chi connectivity index (χ2v) is 14.0. The van der Waals surface area contributed by atoms with Gasteiger partial charge in [0.15, 0.2) is 0 Å². The van der Waals surface area contributed by atoms with Crippen LogP contribution in [0.5, 0.6) is 5.75 Å². The number of nitrogens with two attached hydrogens (primary N) is 1. The number of para-hydroxylation sites is 2. The van der Waals surface area contributed by atoms with Crippen LogP contribution < -0.4 is 27.0 Å². The summed E-state index contributed by atoms with van der Waals surface area (Å²) in [5, 5.41) is 32.1. The Morgan fingerprint density at radius 3 is 1.60 bits per heavy atom. The molecule has 4 amide bonds. The summed E-state index contributed by atoms with van der Waals surface area (Å²) in [5.74, 6) is -3.95. The number of H-pyrrole nitrogens is 2. The molecule has 10 N–H and O–H groups in total. The summed E-state index contributed by atoms with van der Waals surface area (Å²) in [5.41, 5.74) is 10.8.